The summed E-state index contributed by atoms with van der Waals surface area (Å²) in [5.74, 6) is -0.0161. The van der Waals surface area contributed by atoms with Gasteiger partial charge in [-0.2, -0.15) is 0 Å². The second kappa shape index (κ2) is 7.36. The molecule has 0 amide bonds. The van der Waals surface area contributed by atoms with E-state index in [1.54, 1.807) is 0 Å². The number of aliphatic imine (C=N–C) groups is 1. The molecule has 0 bridgehead atoms. The molecule has 0 aliphatic heterocycles. The van der Waals surface area contributed by atoms with E-state index >= 15 is 0 Å². The standard InChI is InChI=1S/C17H18N2O3/c1-2-6-16(13-7-4-3-5-8-13)18-12-14-11-15(19(21)22)9-10-17(14)20/h3-5,7-12,16,20H,2,6H2,1H3/t16-/m1/s1. The molecule has 0 saturated carbocycles. The molecule has 1 atom stereocenters. The van der Waals surface area contributed by atoms with Gasteiger partial charge in [0.1, 0.15) is 5.75 Å². The largest absolute Gasteiger partial charge is 0.507 e. The summed E-state index contributed by atoms with van der Waals surface area (Å²) in [7, 11) is 0. The van der Waals surface area contributed by atoms with E-state index < -0.39 is 4.92 Å². The molecule has 2 aromatic rings. The minimum atomic E-state index is -0.489. The summed E-state index contributed by atoms with van der Waals surface area (Å²) < 4.78 is 0. The minimum absolute atomic E-state index is 0.0161. The van der Waals surface area contributed by atoms with Gasteiger partial charge in [0.2, 0.25) is 0 Å². The second-order valence-electron chi connectivity index (χ2n) is 4.99. The molecule has 114 valence electrons. The van der Waals surface area contributed by atoms with Crippen LogP contribution in [-0.2, 0) is 0 Å². The maximum absolute atomic E-state index is 10.8. The lowest BCUT2D eigenvalue weighted by atomic mass is 10.0. The van der Waals surface area contributed by atoms with E-state index in [-0.39, 0.29) is 17.5 Å². The van der Waals surface area contributed by atoms with Gasteiger partial charge in [0, 0.05) is 23.9 Å². The van der Waals surface area contributed by atoms with Gasteiger partial charge in [0.05, 0.1) is 11.0 Å². The molecular formula is C17H18N2O3. The molecule has 0 heterocycles. The second-order valence-corrected chi connectivity index (χ2v) is 4.99. The van der Waals surface area contributed by atoms with Gasteiger partial charge in [-0.05, 0) is 18.1 Å². The zero-order valence-electron chi connectivity index (χ0n) is 12.3. The first kappa shape index (κ1) is 15.7. The van der Waals surface area contributed by atoms with Gasteiger partial charge in [-0.15, -0.1) is 0 Å². The molecule has 0 unspecified atom stereocenters. The number of phenolic OH excluding ortho intramolecular Hbond substituents is 1. The predicted molar refractivity (Wildman–Crippen MR) is 86.4 cm³/mol. The van der Waals surface area contributed by atoms with Crippen LogP contribution in [0.2, 0.25) is 0 Å². The van der Waals surface area contributed by atoms with Crippen molar-refractivity contribution in [2.24, 2.45) is 4.99 Å². The number of benzene rings is 2. The van der Waals surface area contributed by atoms with Crippen LogP contribution >= 0.6 is 0 Å². The highest BCUT2D eigenvalue weighted by Gasteiger charge is 2.11. The topological polar surface area (TPSA) is 75.7 Å². The fourth-order valence-electron chi connectivity index (χ4n) is 2.21. The molecule has 2 aromatic carbocycles. The number of nitro groups is 1. The van der Waals surface area contributed by atoms with Crippen LogP contribution in [0.25, 0.3) is 0 Å². The molecule has 0 saturated heterocycles. The Kier molecular flexibility index (Phi) is 5.25. The molecule has 5 heteroatoms. The van der Waals surface area contributed by atoms with Gasteiger partial charge in [0.25, 0.3) is 5.69 Å². The Morgan fingerprint density at radius 3 is 2.64 bits per heavy atom. The van der Waals surface area contributed by atoms with Crippen molar-refractivity contribution in [2.45, 2.75) is 25.8 Å². The molecule has 0 aromatic heterocycles. The molecule has 0 radical (unpaired) electrons. The first-order valence-electron chi connectivity index (χ1n) is 7.17. The molecular weight excluding hydrogens is 280 g/mol. The van der Waals surface area contributed by atoms with Gasteiger partial charge >= 0.3 is 0 Å². The summed E-state index contributed by atoms with van der Waals surface area (Å²) >= 11 is 0. The number of nitro benzene ring substituents is 1. The minimum Gasteiger partial charge on any atom is -0.507 e. The average molecular weight is 298 g/mol. The van der Waals surface area contributed by atoms with Crippen LogP contribution in [0, 0.1) is 10.1 Å². The van der Waals surface area contributed by atoms with E-state index in [1.165, 1.54) is 24.4 Å². The number of rotatable bonds is 6. The van der Waals surface area contributed by atoms with E-state index in [0.717, 1.165) is 18.4 Å². The maximum atomic E-state index is 10.8. The molecule has 0 aliphatic rings. The summed E-state index contributed by atoms with van der Waals surface area (Å²) in [5, 5.41) is 20.6. The normalized spacial score (nSPS) is 12.4. The molecule has 22 heavy (non-hydrogen) atoms. The number of hydrogen-bond donors (Lipinski definition) is 1. The number of aromatic hydroxyl groups is 1. The van der Waals surface area contributed by atoms with Crippen molar-refractivity contribution in [1.29, 1.82) is 0 Å². The van der Waals surface area contributed by atoms with Crippen LogP contribution in [0.3, 0.4) is 0 Å². The first-order chi connectivity index (χ1) is 10.6. The predicted octanol–water partition coefficient (Wildman–Crippen LogP) is 4.26. The van der Waals surface area contributed by atoms with Crippen LogP contribution in [0.15, 0.2) is 53.5 Å². The third-order valence-corrected chi connectivity index (χ3v) is 3.36. The Labute approximate surface area is 129 Å². The lowest BCUT2D eigenvalue weighted by Gasteiger charge is -2.11. The summed E-state index contributed by atoms with van der Waals surface area (Å²) in [4.78, 5) is 14.8. The quantitative estimate of drug-likeness (QED) is 0.492. The summed E-state index contributed by atoms with van der Waals surface area (Å²) in [6.45, 7) is 2.08. The highest BCUT2D eigenvalue weighted by atomic mass is 16.6. The SMILES string of the molecule is CCC[C@@H](N=Cc1cc([N+](=O)[O-])ccc1O)c1ccccc1. The van der Waals surface area contributed by atoms with E-state index in [2.05, 4.69) is 11.9 Å². The third kappa shape index (κ3) is 3.91. The van der Waals surface area contributed by atoms with Gasteiger partial charge in [-0.25, -0.2) is 0 Å². The molecule has 5 nitrogen and oxygen atoms in total. The maximum Gasteiger partial charge on any atom is 0.270 e. The van der Waals surface area contributed by atoms with Gasteiger partial charge in [-0.3, -0.25) is 15.1 Å². The Morgan fingerprint density at radius 2 is 2.00 bits per heavy atom. The molecule has 0 spiro atoms. The Balaban J connectivity index is 2.28. The van der Waals surface area contributed by atoms with Crippen LogP contribution < -0.4 is 0 Å². The molecule has 0 fully saturated rings. The number of phenols is 1. The van der Waals surface area contributed by atoms with Crippen molar-refractivity contribution in [3.63, 3.8) is 0 Å². The van der Waals surface area contributed by atoms with Crippen molar-refractivity contribution in [3.05, 3.63) is 69.8 Å². The first-order valence-corrected chi connectivity index (χ1v) is 7.17. The average Bonchev–Trinajstić information content (AvgIpc) is 2.53. The number of non-ortho nitro benzene ring substituents is 1. The van der Waals surface area contributed by atoms with Gasteiger partial charge < -0.3 is 5.11 Å². The van der Waals surface area contributed by atoms with Crippen LogP contribution in [0.5, 0.6) is 5.75 Å². The lowest BCUT2D eigenvalue weighted by molar-refractivity contribution is -0.384. The van der Waals surface area contributed by atoms with Crippen molar-refractivity contribution in [2.75, 3.05) is 0 Å². The number of hydrogen-bond acceptors (Lipinski definition) is 4. The summed E-state index contributed by atoms with van der Waals surface area (Å²) in [6.07, 6.45) is 3.35. The zero-order valence-corrected chi connectivity index (χ0v) is 12.3. The van der Waals surface area contributed by atoms with Crippen molar-refractivity contribution < 1.29 is 10.0 Å². The fraction of sp³-hybridized carbons (Fsp3) is 0.235. The smallest absolute Gasteiger partial charge is 0.270 e. The summed E-state index contributed by atoms with van der Waals surface area (Å²) in [5.41, 5.74) is 1.38. The van der Waals surface area contributed by atoms with Crippen molar-refractivity contribution in [3.8, 4) is 5.75 Å². The highest BCUT2D eigenvalue weighted by Crippen LogP contribution is 2.25. The summed E-state index contributed by atoms with van der Waals surface area (Å²) in [6, 6.07) is 13.8. The molecule has 1 N–H and O–H groups in total. The van der Waals surface area contributed by atoms with Crippen molar-refractivity contribution >= 4 is 11.9 Å². The van der Waals surface area contributed by atoms with Gasteiger partial charge in [-0.1, -0.05) is 43.7 Å². The zero-order chi connectivity index (χ0) is 15.9. The monoisotopic (exact) mass is 298 g/mol. The lowest BCUT2D eigenvalue weighted by Crippen LogP contribution is -1.97. The van der Waals surface area contributed by atoms with Crippen LogP contribution in [0.4, 0.5) is 5.69 Å². The van der Waals surface area contributed by atoms with Gasteiger partial charge in [0.15, 0.2) is 0 Å². The highest BCUT2D eigenvalue weighted by molar-refractivity contribution is 5.84. The van der Waals surface area contributed by atoms with E-state index in [4.69, 9.17) is 0 Å². The Bertz CT molecular complexity index is 669. The Morgan fingerprint density at radius 1 is 1.27 bits per heavy atom. The fourth-order valence-corrected chi connectivity index (χ4v) is 2.21. The molecule has 0 aliphatic carbocycles. The van der Waals surface area contributed by atoms with Crippen molar-refractivity contribution in [1.82, 2.24) is 0 Å². The van der Waals surface area contributed by atoms with E-state index in [1.807, 2.05) is 30.3 Å². The van der Waals surface area contributed by atoms with E-state index in [0.29, 0.717) is 5.56 Å². The molecule has 2 rings (SSSR count). The third-order valence-electron chi connectivity index (χ3n) is 3.36. The number of nitrogens with zero attached hydrogens (tertiary/aromatic N) is 2. The van der Waals surface area contributed by atoms with E-state index in [9.17, 15) is 15.2 Å². The van der Waals surface area contributed by atoms with Crippen LogP contribution in [0.1, 0.15) is 36.9 Å². The van der Waals surface area contributed by atoms with Crippen LogP contribution in [-0.4, -0.2) is 16.2 Å². The Hall–Kier alpha value is -2.69.